The van der Waals surface area contributed by atoms with Crippen LogP contribution in [0.4, 0.5) is 0 Å². The van der Waals surface area contributed by atoms with Crippen molar-refractivity contribution in [2.75, 3.05) is 19.8 Å². The molecule has 100 valence electrons. The Kier molecular flexibility index (Phi) is 4.83. The maximum absolute atomic E-state index is 10.1. The third-order valence-electron chi connectivity index (χ3n) is 4.53. The van der Waals surface area contributed by atoms with E-state index in [1.807, 2.05) is 6.92 Å². The highest BCUT2D eigenvalue weighted by Gasteiger charge is 2.54. The molecular weight excluding hydrogens is 216 g/mol. The van der Waals surface area contributed by atoms with Gasteiger partial charge in [-0.2, -0.15) is 0 Å². The van der Waals surface area contributed by atoms with E-state index in [9.17, 15) is 5.11 Å². The van der Waals surface area contributed by atoms with Crippen LogP contribution >= 0.6 is 0 Å². The molecule has 1 spiro atoms. The van der Waals surface area contributed by atoms with Gasteiger partial charge in [0.25, 0.3) is 0 Å². The van der Waals surface area contributed by atoms with E-state index < -0.39 is 0 Å². The normalized spacial score (nSPS) is 32.1. The average Bonchev–Trinajstić information content (AvgIpc) is 2.60. The van der Waals surface area contributed by atoms with E-state index in [4.69, 9.17) is 9.47 Å². The first-order chi connectivity index (χ1) is 8.29. The topological polar surface area (TPSA) is 38.7 Å². The molecule has 2 aliphatic rings. The van der Waals surface area contributed by atoms with Gasteiger partial charge in [-0.25, -0.2) is 0 Å². The first-order valence-electron chi connectivity index (χ1n) is 7.17. The zero-order valence-corrected chi connectivity index (χ0v) is 11.0. The molecule has 2 fully saturated rings. The molecule has 2 saturated carbocycles. The number of ether oxygens (including phenoxy) is 2. The van der Waals surface area contributed by atoms with Gasteiger partial charge < -0.3 is 14.6 Å². The highest BCUT2D eigenvalue weighted by molar-refractivity contribution is 5.04. The van der Waals surface area contributed by atoms with Crippen molar-refractivity contribution in [1.29, 1.82) is 0 Å². The maximum Gasteiger partial charge on any atom is 0.0704 e. The zero-order chi connectivity index (χ0) is 12.1. The van der Waals surface area contributed by atoms with Gasteiger partial charge in [0.15, 0.2) is 0 Å². The smallest absolute Gasteiger partial charge is 0.0704 e. The van der Waals surface area contributed by atoms with Gasteiger partial charge in [0, 0.05) is 18.4 Å². The summed E-state index contributed by atoms with van der Waals surface area (Å²) in [4.78, 5) is 0. The van der Waals surface area contributed by atoms with Crippen molar-refractivity contribution in [3.05, 3.63) is 0 Å². The molecule has 1 N–H and O–H groups in total. The van der Waals surface area contributed by atoms with Crippen molar-refractivity contribution < 1.29 is 14.6 Å². The van der Waals surface area contributed by atoms with Crippen LogP contribution in [0.2, 0.25) is 0 Å². The summed E-state index contributed by atoms with van der Waals surface area (Å²) in [6.07, 6.45) is 8.41. The Balaban J connectivity index is 1.81. The first-order valence-corrected chi connectivity index (χ1v) is 7.17. The predicted octanol–water partition coefficient (Wildman–Crippen LogP) is 2.51. The quantitative estimate of drug-likeness (QED) is 0.753. The lowest BCUT2D eigenvalue weighted by atomic mass is 9.59. The molecule has 3 heteroatoms. The molecule has 2 aliphatic carbocycles. The second-order valence-corrected chi connectivity index (χ2v) is 5.46. The maximum atomic E-state index is 10.1. The van der Waals surface area contributed by atoms with Crippen molar-refractivity contribution in [3.8, 4) is 0 Å². The van der Waals surface area contributed by atoms with Gasteiger partial charge in [-0.15, -0.1) is 0 Å². The molecule has 0 aliphatic heterocycles. The minimum absolute atomic E-state index is 0.0860. The van der Waals surface area contributed by atoms with Crippen LogP contribution in [0.5, 0.6) is 0 Å². The van der Waals surface area contributed by atoms with Crippen LogP contribution in [0.15, 0.2) is 0 Å². The molecule has 2 atom stereocenters. The number of rotatable bonds is 5. The Morgan fingerprint density at radius 3 is 2.41 bits per heavy atom. The minimum atomic E-state index is -0.127. The molecule has 17 heavy (non-hydrogen) atoms. The van der Waals surface area contributed by atoms with Crippen LogP contribution in [0.25, 0.3) is 0 Å². The molecule has 0 bridgehead atoms. The van der Waals surface area contributed by atoms with E-state index in [-0.39, 0.29) is 17.6 Å². The first kappa shape index (κ1) is 13.3. The van der Waals surface area contributed by atoms with E-state index in [1.54, 1.807) is 0 Å². The van der Waals surface area contributed by atoms with Crippen LogP contribution in [0, 0.1) is 5.41 Å². The molecular formula is C14H26O3. The van der Waals surface area contributed by atoms with Gasteiger partial charge in [-0.1, -0.05) is 25.7 Å². The summed E-state index contributed by atoms with van der Waals surface area (Å²) in [7, 11) is 0. The van der Waals surface area contributed by atoms with Crippen molar-refractivity contribution in [2.45, 2.75) is 64.1 Å². The summed E-state index contributed by atoms with van der Waals surface area (Å²) in [5.41, 5.74) is 0.0860. The summed E-state index contributed by atoms with van der Waals surface area (Å²) in [5, 5.41) is 10.1. The molecule has 0 amide bonds. The molecule has 0 aromatic carbocycles. The van der Waals surface area contributed by atoms with Gasteiger partial charge in [-0.05, 0) is 19.8 Å². The molecule has 0 saturated heterocycles. The van der Waals surface area contributed by atoms with E-state index in [1.165, 1.54) is 25.7 Å². The monoisotopic (exact) mass is 242 g/mol. The summed E-state index contributed by atoms with van der Waals surface area (Å²) in [6, 6.07) is 0. The number of aliphatic hydroxyl groups is 1. The fourth-order valence-electron chi connectivity index (χ4n) is 3.40. The Hall–Kier alpha value is -0.120. The SMILES string of the molecule is CCOCCOC1CC(O)C12CCCCCC2. The van der Waals surface area contributed by atoms with Gasteiger partial charge in [0.05, 0.1) is 25.4 Å². The van der Waals surface area contributed by atoms with Crippen molar-refractivity contribution >= 4 is 0 Å². The summed E-state index contributed by atoms with van der Waals surface area (Å²) < 4.78 is 11.2. The summed E-state index contributed by atoms with van der Waals surface area (Å²) >= 11 is 0. The third-order valence-corrected chi connectivity index (χ3v) is 4.53. The van der Waals surface area contributed by atoms with Gasteiger partial charge >= 0.3 is 0 Å². The van der Waals surface area contributed by atoms with E-state index in [0.29, 0.717) is 13.2 Å². The van der Waals surface area contributed by atoms with Gasteiger partial charge in [0.2, 0.25) is 0 Å². The highest BCUT2D eigenvalue weighted by atomic mass is 16.5. The van der Waals surface area contributed by atoms with Crippen LogP contribution in [-0.4, -0.2) is 37.1 Å². The fourth-order valence-corrected chi connectivity index (χ4v) is 3.40. The summed E-state index contributed by atoms with van der Waals surface area (Å²) in [6.45, 7) is 4.10. The molecule has 0 radical (unpaired) electrons. The van der Waals surface area contributed by atoms with E-state index in [0.717, 1.165) is 25.9 Å². The molecule has 0 heterocycles. The molecule has 2 rings (SSSR count). The van der Waals surface area contributed by atoms with Crippen molar-refractivity contribution in [2.24, 2.45) is 5.41 Å². The Morgan fingerprint density at radius 2 is 1.82 bits per heavy atom. The van der Waals surface area contributed by atoms with Crippen LogP contribution < -0.4 is 0 Å². The molecule has 2 unspecified atom stereocenters. The van der Waals surface area contributed by atoms with E-state index in [2.05, 4.69) is 0 Å². The Labute approximate surface area is 104 Å². The standard InChI is InChI=1S/C14H26O3/c1-2-16-9-10-17-13-11-12(15)14(13)7-5-3-4-6-8-14/h12-13,15H,2-11H2,1H3. The molecule has 0 aromatic rings. The number of hydrogen-bond acceptors (Lipinski definition) is 3. The van der Waals surface area contributed by atoms with Crippen molar-refractivity contribution in [3.63, 3.8) is 0 Å². The summed E-state index contributed by atoms with van der Waals surface area (Å²) in [5.74, 6) is 0. The Morgan fingerprint density at radius 1 is 1.12 bits per heavy atom. The minimum Gasteiger partial charge on any atom is -0.392 e. The largest absolute Gasteiger partial charge is 0.392 e. The second kappa shape index (κ2) is 6.17. The lowest BCUT2D eigenvalue weighted by molar-refractivity contribution is -0.202. The second-order valence-electron chi connectivity index (χ2n) is 5.46. The van der Waals surface area contributed by atoms with Crippen LogP contribution in [0.1, 0.15) is 51.9 Å². The number of hydrogen-bond donors (Lipinski definition) is 1. The van der Waals surface area contributed by atoms with E-state index >= 15 is 0 Å². The molecule has 0 aromatic heterocycles. The van der Waals surface area contributed by atoms with Crippen LogP contribution in [0.3, 0.4) is 0 Å². The lowest BCUT2D eigenvalue weighted by Gasteiger charge is -2.53. The molecule has 3 nitrogen and oxygen atoms in total. The van der Waals surface area contributed by atoms with Crippen molar-refractivity contribution in [1.82, 2.24) is 0 Å². The lowest BCUT2D eigenvalue weighted by Crippen LogP contribution is -2.58. The highest BCUT2D eigenvalue weighted by Crippen LogP contribution is 2.52. The zero-order valence-electron chi connectivity index (χ0n) is 11.0. The van der Waals surface area contributed by atoms with Crippen LogP contribution in [-0.2, 0) is 9.47 Å². The fraction of sp³-hybridized carbons (Fsp3) is 1.00. The Bertz CT molecular complexity index is 222. The average molecular weight is 242 g/mol. The number of aliphatic hydroxyl groups excluding tert-OH is 1. The predicted molar refractivity (Wildman–Crippen MR) is 67.0 cm³/mol. The van der Waals surface area contributed by atoms with Gasteiger partial charge in [0.1, 0.15) is 0 Å². The van der Waals surface area contributed by atoms with Gasteiger partial charge in [-0.3, -0.25) is 0 Å². The third kappa shape index (κ3) is 2.83.